The van der Waals surface area contributed by atoms with Crippen LogP contribution >= 0.6 is 23.4 Å². The minimum absolute atomic E-state index is 0.0849. The van der Waals surface area contributed by atoms with E-state index >= 15 is 0 Å². The number of halogens is 1. The number of hydrogen-bond donors (Lipinski definition) is 2. The van der Waals surface area contributed by atoms with Crippen molar-refractivity contribution in [2.45, 2.75) is 10.4 Å². The Morgan fingerprint density at radius 3 is 2.88 bits per heavy atom. The van der Waals surface area contributed by atoms with Gasteiger partial charge in [0.05, 0.1) is 5.25 Å². The standard InChI is InChI=1S/C10H11ClN4S/c11-8-4-2-1-3-7(8)9(5-12)16-10-13-6-14-15-10/h1-4,6,9H,5,12H2,(H,13,14,15). The molecule has 1 heterocycles. The first-order chi connectivity index (χ1) is 7.81. The molecule has 0 fully saturated rings. The Morgan fingerprint density at radius 2 is 2.25 bits per heavy atom. The number of benzene rings is 1. The number of H-pyrrole nitrogens is 1. The molecule has 1 atom stereocenters. The highest BCUT2D eigenvalue weighted by Crippen LogP contribution is 2.35. The minimum Gasteiger partial charge on any atom is -0.329 e. The maximum absolute atomic E-state index is 6.12. The van der Waals surface area contributed by atoms with E-state index in [0.29, 0.717) is 6.54 Å². The smallest absolute Gasteiger partial charge is 0.184 e. The molecule has 0 aliphatic heterocycles. The summed E-state index contributed by atoms with van der Waals surface area (Å²) in [5.74, 6) is 0. The number of nitrogens with zero attached hydrogens (tertiary/aromatic N) is 2. The molecule has 0 radical (unpaired) electrons. The normalized spacial score (nSPS) is 12.6. The molecule has 1 unspecified atom stereocenters. The second kappa shape index (κ2) is 5.34. The summed E-state index contributed by atoms with van der Waals surface area (Å²) < 4.78 is 0. The number of thioether (sulfide) groups is 1. The second-order valence-electron chi connectivity index (χ2n) is 3.15. The van der Waals surface area contributed by atoms with Crippen LogP contribution in [0.1, 0.15) is 10.8 Å². The van der Waals surface area contributed by atoms with E-state index in [9.17, 15) is 0 Å². The van der Waals surface area contributed by atoms with Crippen LogP contribution in [0.4, 0.5) is 0 Å². The Labute approximate surface area is 103 Å². The van der Waals surface area contributed by atoms with Gasteiger partial charge in [0.1, 0.15) is 6.33 Å². The number of nitrogens with one attached hydrogen (secondary N) is 1. The van der Waals surface area contributed by atoms with E-state index in [-0.39, 0.29) is 5.25 Å². The maximum Gasteiger partial charge on any atom is 0.184 e. The molecule has 0 aliphatic carbocycles. The first kappa shape index (κ1) is 11.4. The fraction of sp³-hybridized carbons (Fsp3) is 0.200. The van der Waals surface area contributed by atoms with Crippen molar-refractivity contribution in [3.63, 3.8) is 0 Å². The average Bonchev–Trinajstić information content (AvgIpc) is 2.80. The summed E-state index contributed by atoms with van der Waals surface area (Å²) in [6.07, 6.45) is 1.47. The van der Waals surface area contributed by atoms with Crippen LogP contribution in [0.3, 0.4) is 0 Å². The fourth-order valence-electron chi connectivity index (χ4n) is 1.36. The number of rotatable bonds is 4. The van der Waals surface area contributed by atoms with Crippen molar-refractivity contribution in [3.05, 3.63) is 41.2 Å². The molecule has 0 aliphatic rings. The third kappa shape index (κ3) is 2.55. The third-order valence-electron chi connectivity index (χ3n) is 2.11. The van der Waals surface area contributed by atoms with Crippen LogP contribution in [0.2, 0.25) is 5.02 Å². The van der Waals surface area contributed by atoms with Crippen molar-refractivity contribution in [1.29, 1.82) is 0 Å². The molecule has 16 heavy (non-hydrogen) atoms. The molecule has 6 heteroatoms. The molecule has 2 aromatic rings. The minimum atomic E-state index is 0.0849. The van der Waals surface area contributed by atoms with Crippen LogP contribution in [0.5, 0.6) is 0 Å². The summed E-state index contributed by atoms with van der Waals surface area (Å²) >= 11 is 7.65. The van der Waals surface area contributed by atoms with Crippen molar-refractivity contribution >= 4 is 23.4 Å². The summed E-state index contributed by atoms with van der Waals surface area (Å²) in [6.45, 7) is 0.495. The van der Waals surface area contributed by atoms with Crippen LogP contribution in [0, 0.1) is 0 Å². The molecule has 0 saturated carbocycles. The molecule has 3 N–H and O–H groups in total. The summed E-state index contributed by atoms with van der Waals surface area (Å²) in [5, 5.41) is 8.15. The van der Waals surface area contributed by atoms with E-state index < -0.39 is 0 Å². The van der Waals surface area contributed by atoms with Crippen LogP contribution in [-0.2, 0) is 0 Å². The van der Waals surface area contributed by atoms with Crippen molar-refractivity contribution in [2.24, 2.45) is 5.73 Å². The molecule has 84 valence electrons. The Balaban J connectivity index is 2.20. The summed E-state index contributed by atoms with van der Waals surface area (Å²) in [5.41, 5.74) is 6.77. The highest BCUT2D eigenvalue weighted by molar-refractivity contribution is 7.99. The number of aromatic amines is 1. The second-order valence-corrected chi connectivity index (χ2v) is 4.75. The highest BCUT2D eigenvalue weighted by atomic mass is 35.5. The first-order valence-electron chi connectivity index (χ1n) is 4.77. The van der Waals surface area contributed by atoms with E-state index in [4.69, 9.17) is 17.3 Å². The SMILES string of the molecule is NCC(Sc1ncn[nH]1)c1ccccc1Cl. The van der Waals surface area contributed by atoms with Gasteiger partial charge >= 0.3 is 0 Å². The average molecular weight is 255 g/mol. The lowest BCUT2D eigenvalue weighted by atomic mass is 10.1. The van der Waals surface area contributed by atoms with Gasteiger partial charge in [-0.1, -0.05) is 41.6 Å². The largest absolute Gasteiger partial charge is 0.329 e. The Bertz CT molecular complexity index is 446. The van der Waals surface area contributed by atoms with Gasteiger partial charge in [0.25, 0.3) is 0 Å². The van der Waals surface area contributed by atoms with Gasteiger partial charge in [-0.2, -0.15) is 5.10 Å². The highest BCUT2D eigenvalue weighted by Gasteiger charge is 2.15. The maximum atomic E-state index is 6.12. The van der Waals surface area contributed by atoms with E-state index in [1.807, 2.05) is 24.3 Å². The summed E-state index contributed by atoms with van der Waals surface area (Å²) in [7, 11) is 0. The van der Waals surface area contributed by atoms with Gasteiger partial charge in [-0.25, -0.2) is 4.98 Å². The lowest BCUT2D eigenvalue weighted by Gasteiger charge is -2.14. The third-order valence-corrected chi connectivity index (χ3v) is 3.61. The molecule has 0 saturated heterocycles. The van der Waals surface area contributed by atoms with Crippen molar-refractivity contribution in [1.82, 2.24) is 15.2 Å². The molecule has 4 nitrogen and oxygen atoms in total. The van der Waals surface area contributed by atoms with Gasteiger partial charge in [-0.3, -0.25) is 5.10 Å². The van der Waals surface area contributed by atoms with E-state index in [0.717, 1.165) is 15.7 Å². The zero-order chi connectivity index (χ0) is 11.4. The van der Waals surface area contributed by atoms with Gasteiger partial charge in [0.2, 0.25) is 0 Å². The lowest BCUT2D eigenvalue weighted by Crippen LogP contribution is -2.10. The molecule has 0 spiro atoms. The zero-order valence-electron chi connectivity index (χ0n) is 8.43. The van der Waals surface area contributed by atoms with Crippen molar-refractivity contribution < 1.29 is 0 Å². The molecule has 1 aromatic carbocycles. The number of hydrogen-bond acceptors (Lipinski definition) is 4. The van der Waals surface area contributed by atoms with Gasteiger partial charge < -0.3 is 5.73 Å². The van der Waals surface area contributed by atoms with E-state index in [1.165, 1.54) is 18.1 Å². The lowest BCUT2D eigenvalue weighted by molar-refractivity contribution is 0.914. The Kier molecular flexibility index (Phi) is 3.82. The van der Waals surface area contributed by atoms with Crippen LogP contribution in [-0.4, -0.2) is 21.7 Å². The Hall–Kier alpha value is -1.04. The number of nitrogens with two attached hydrogens (primary N) is 1. The predicted octanol–water partition coefficient (Wildman–Crippen LogP) is 2.25. The monoisotopic (exact) mass is 254 g/mol. The molecule has 2 rings (SSSR count). The fourth-order valence-corrected chi connectivity index (χ4v) is 2.60. The van der Waals surface area contributed by atoms with E-state index in [1.54, 1.807) is 0 Å². The van der Waals surface area contributed by atoms with Crippen molar-refractivity contribution in [3.8, 4) is 0 Å². The zero-order valence-corrected chi connectivity index (χ0v) is 10.0. The van der Waals surface area contributed by atoms with Crippen LogP contribution in [0.25, 0.3) is 0 Å². The van der Waals surface area contributed by atoms with Gasteiger partial charge in [0, 0.05) is 11.6 Å². The van der Waals surface area contributed by atoms with Crippen LogP contribution < -0.4 is 5.73 Å². The molecular weight excluding hydrogens is 244 g/mol. The molecular formula is C10H11ClN4S. The first-order valence-corrected chi connectivity index (χ1v) is 6.03. The topological polar surface area (TPSA) is 67.6 Å². The predicted molar refractivity (Wildman–Crippen MR) is 65.5 cm³/mol. The number of aromatic nitrogens is 3. The van der Waals surface area contributed by atoms with Crippen molar-refractivity contribution in [2.75, 3.05) is 6.54 Å². The Morgan fingerprint density at radius 1 is 1.44 bits per heavy atom. The molecule has 1 aromatic heterocycles. The van der Waals surface area contributed by atoms with Crippen LogP contribution in [0.15, 0.2) is 35.7 Å². The summed E-state index contributed by atoms with van der Waals surface area (Å²) in [6, 6.07) is 7.69. The van der Waals surface area contributed by atoms with E-state index in [2.05, 4.69) is 15.2 Å². The van der Waals surface area contributed by atoms with Gasteiger partial charge in [-0.05, 0) is 11.6 Å². The summed E-state index contributed by atoms with van der Waals surface area (Å²) in [4.78, 5) is 4.06. The quantitative estimate of drug-likeness (QED) is 0.822. The molecule has 0 bridgehead atoms. The van der Waals surface area contributed by atoms with Gasteiger partial charge in [-0.15, -0.1) is 0 Å². The van der Waals surface area contributed by atoms with Gasteiger partial charge in [0.15, 0.2) is 5.16 Å². The molecule has 0 amide bonds.